The van der Waals surface area contributed by atoms with E-state index in [4.69, 9.17) is 9.47 Å². The van der Waals surface area contributed by atoms with E-state index in [1.165, 1.54) is 5.56 Å². The van der Waals surface area contributed by atoms with Gasteiger partial charge in [0, 0.05) is 12.1 Å². The van der Waals surface area contributed by atoms with Gasteiger partial charge in [0.05, 0.1) is 24.9 Å². The summed E-state index contributed by atoms with van der Waals surface area (Å²) in [5.41, 5.74) is 1.38. The van der Waals surface area contributed by atoms with Crippen molar-refractivity contribution in [1.82, 2.24) is 5.32 Å². The minimum Gasteiger partial charge on any atom is -0.371 e. The standard InChI is InChI=1S/C18H29NO2/c1-14(15-8-6-5-7-9-15)20-13-17-11-10-16(21-17)12-19-18(2,3)4/h5-9,14,16-17,19H,10-13H2,1-4H3. The molecule has 1 aliphatic heterocycles. The molecule has 118 valence electrons. The summed E-state index contributed by atoms with van der Waals surface area (Å²) in [5.74, 6) is 0. The lowest BCUT2D eigenvalue weighted by atomic mass is 10.1. The molecule has 0 amide bonds. The fourth-order valence-corrected chi connectivity index (χ4v) is 2.54. The molecule has 0 aromatic heterocycles. The molecule has 3 unspecified atom stereocenters. The van der Waals surface area contributed by atoms with Crippen molar-refractivity contribution in [2.45, 2.75) is 64.4 Å². The topological polar surface area (TPSA) is 30.5 Å². The number of hydrogen-bond donors (Lipinski definition) is 1. The Morgan fingerprint density at radius 3 is 2.52 bits per heavy atom. The summed E-state index contributed by atoms with van der Waals surface area (Å²) in [6, 6.07) is 10.3. The van der Waals surface area contributed by atoms with Gasteiger partial charge in [-0.25, -0.2) is 0 Å². The second-order valence-corrected chi connectivity index (χ2v) is 6.97. The first-order valence-electron chi connectivity index (χ1n) is 8.01. The van der Waals surface area contributed by atoms with E-state index < -0.39 is 0 Å². The van der Waals surface area contributed by atoms with Crippen LogP contribution in [0.4, 0.5) is 0 Å². The van der Waals surface area contributed by atoms with Crippen molar-refractivity contribution in [1.29, 1.82) is 0 Å². The Hall–Kier alpha value is -0.900. The first-order valence-corrected chi connectivity index (χ1v) is 8.01. The molecule has 0 saturated carbocycles. The molecular formula is C18H29NO2. The van der Waals surface area contributed by atoms with E-state index in [0.717, 1.165) is 19.4 Å². The van der Waals surface area contributed by atoms with E-state index >= 15 is 0 Å². The second-order valence-electron chi connectivity index (χ2n) is 6.97. The normalized spacial score (nSPS) is 24.2. The van der Waals surface area contributed by atoms with Crippen molar-refractivity contribution in [3.8, 4) is 0 Å². The summed E-state index contributed by atoms with van der Waals surface area (Å²) in [5, 5.41) is 3.51. The van der Waals surface area contributed by atoms with Crippen LogP contribution in [0.5, 0.6) is 0 Å². The summed E-state index contributed by atoms with van der Waals surface area (Å²) in [6.07, 6.45) is 2.91. The van der Waals surface area contributed by atoms with Gasteiger partial charge in [0.25, 0.3) is 0 Å². The Labute approximate surface area is 129 Å². The highest BCUT2D eigenvalue weighted by molar-refractivity contribution is 5.16. The van der Waals surface area contributed by atoms with Gasteiger partial charge in [-0.1, -0.05) is 30.3 Å². The van der Waals surface area contributed by atoms with E-state index in [1.54, 1.807) is 0 Å². The van der Waals surface area contributed by atoms with Gasteiger partial charge in [0.2, 0.25) is 0 Å². The van der Waals surface area contributed by atoms with Crippen LogP contribution < -0.4 is 5.32 Å². The van der Waals surface area contributed by atoms with Crippen molar-refractivity contribution < 1.29 is 9.47 Å². The zero-order valence-corrected chi connectivity index (χ0v) is 13.8. The van der Waals surface area contributed by atoms with E-state index in [2.05, 4.69) is 57.3 Å². The number of nitrogens with one attached hydrogen (secondary N) is 1. The maximum Gasteiger partial charge on any atom is 0.0814 e. The van der Waals surface area contributed by atoms with Crippen molar-refractivity contribution in [3.63, 3.8) is 0 Å². The molecule has 1 aromatic carbocycles. The van der Waals surface area contributed by atoms with Crippen molar-refractivity contribution in [2.24, 2.45) is 0 Å². The Balaban J connectivity index is 1.68. The third-order valence-corrected chi connectivity index (χ3v) is 3.86. The highest BCUT2D eigenvalue weighted by Gasteiger charge is 2.26. The van der Waals surface area contributed by atoms with Gasteiger partial charge in [-0.2, -0.15) is 0 Å². The largest absolute Gasteiger partial charge is 0.371 e. The summed E-state index contributed by atoms with van der Waals surface area (Å²) < 4.78 is 12.0. The second kappa shape index (κ2) is 7.39. The lowest BCUT2D eigenvalue weighted by Crippen LogP contribution is -2.41. The van der Waals surface area contributed by atoms with Crippen LogP contribution in [0.15, 0.2) is 30.3 Å². The molecule has 1 aromatic rings. The van der Waals surface area contributed by atoms with Crippen LogP contribution in [0.1, 0.15) is 52.2 Å². The predicted octanol–water partition coefficient (Wildman–Crippen LogP) is 3.70. The third-order valence-electron chi connectivity index (χ3n) is 3.86. The molecule has 0 aliphatic carbocycles. The maximum absolute atomic E-state index is 6.06. The fraction of sp³-hybridized carbons (Fsp3) is 0.667. The highest BCUT2D eigenvalue weighted by Crippen LogP contribution is 2.23. The minimum absolute atomic E-state index is 0.126. The van der Waals surface area contributed by atoms with E-state index in [0.29, 0.717) is 12.7 Å². The summed E-state index contributed by atoms with van der Waals surface area (Å²) in [4.78, 5) is 0. The molecular weight excluding hydrogens is 262 g/mol. The number of ether oxygens (including phenoxy) is 2. The van der Waals surface area contributed by atoms with Crippen LogP contribution in [0.25, 0.3) is 0 Å². The molecule has 3 atom stereocenters. The van der Waals surface area contributed by atoms with Gasteiger partial charge < -0.3 is 14.8 Å². The lowest BCUT2D eigenvalue weighted by molar-refractivity contribution is -0.0380. The maximum atomic E-state index is 6.06. The molecule has 2 rings (SSSR count). The van der Waals surface area contributed by atoms with Gasteiger partial charge in [0.15, 0.2) is 0 Å². The van der Waals surface area contributed by atoms with Crippen molar-refractivity contribution >= 4 is 0 Å². The predicted molar refractivity (Wildman–Crippen MR) is 86.5 cm³/mol. The van der Waals surface area contributed by atoms with Gasteiger partial charge in [-0.15, -0.1) is 0 Å². The van der Waals surface area contributed by atoms with Crippen LogP contribution >= 0.6 is 0 Å². The average molecular weight is 291 g/mol. The average Bonchev–Trinajstić information content (AvgIpc) is 2.91. The molecule has 0 spiro atoms. The van der Waals surface area contributed by atoms with Gasteiger partial charge in [-0.3, -0.25) is 0 Å². The molecule has 1 aliphatic rings. The summed E-state index contributed by atoms with van der Waals surface area (Å²) in [7, 11) is 0. The van der Waals surface area contributed by atoms with E-state index in [9.17, 15) is 0 Å². The zero-order valence-electron chi connectivity index (χ0n) is 13.8. The third kappa shape index (κ3) is 5.77. The van der Waals surface area contributed by atoms with Gasteiger partial charge in [0.1, 0.15) is 0 Å². The van der Waals surface area contributed by atoms with Gasteiger partial charge >= 0.3 is 0 Å². The molecule has 1 fully saturated rings. The molecule has 0 bridgehead atoms. The quantitative estimate of drug-likeness (QED) is 0.867. The van der Waals surface area contributed by atoms with Crippen LogP contribution in [-0.4, -0.2) is 30.9 Å². The van der Waals surface area contributed by atoms with Crippen LogP contribution in [0.2, 0.25) is 0 Å². The van der Waals surface area contributed by atoms with Crippen LogP contribution in [0, 0.1) is 0 Å². The lowest BCUT2D eigenvalue weighted by Gasteiger charge is -2.23. The zero-order chi connectivity index (χ0) is 15.3. The first kappa shape index (κ1) is 16.5. The molecule has 21 heavy (non-hydrogen) atoms. The number of rotatable bonds is 6. The van der Waals surface area contributed by atoms with Crippen molar-refractivity contribution in [3.05, 3.63) is 35.9 Å². The highest BCUT2D eigenvalue weighted by atomic mass is 16.5. The number of benzene rings is 1. The first-order chi connectivity index (χ1) is 9.94. The molecule has 3 nitrogen and oxygen atoms in total. The Morgan fingerprint density at radius 2 is 1.86 bits per heavy atom. The summed E-state index contributed by atoms with van der Waals surface area (Å²) >= 11 is 0. The molecule has 1 N–H and O–H groups in total. The Kier molecular flexibility index (Phi) is 5.80. The smallest absolute Gasteiger partial charge is 0.0814 e. The van der Waals surface area contributed by atoms with Crippen LogP contribution in [0.3, 0.4) is 0 Å². The Bertz CT molecular complexity index is 413. The van der Waals surface area contributed by atoms with Crippen molar-refractivity contribution in [2.75, 3.05) is 13.2 Å². The fourth-order valence-electron chi connectivity index (χ4n) is 2.54. The monoisotopic (exact) mass is 291 g/mol. The molecule has 1 heterocycles. The van der Waals surface area contributed by atoms with E-state index in [-0.39, 0.29) is 17.7 Å². The minimum atomic E-state index is 0.126. The number of hydrogen-bond acceptors (Lipinski definition) is 3. The molecule has 3 heteroatoms. The Morgan fingerprint density at radius 1 is 1.19 bits per heavy atom. The SMILES string of the molecule is CC(OCC1CCC(CNC(C)(C)C)O1)c1ccccc1. The summed E-state index contributed by atoms with van der Waals surface area (Å²) in [6.45, 7) is 10.3. The van der Waals surface area contributed by atoms with Crippen LogP contribution in [-0.2, 0) is 9.47 Å². The molecule has 1 saturated heterocycles. The molecule has 0 radical (unpaired) electrons. The van der Waals surface area contributed by atoms with Gasteiger partial charge in [-0.05, 0) is 46.1 Å². The van der Waals surface area contributed by atoms with E-state index in [1.807, 2.05) is 6.07 Å².